The molecule has 0 spiro atoms. The Morgan fingerprint density at radius 3 is 2.87 bits per heavy atom. The number of carbonyl (C=O) groups excluding carboxylic acids is 1. The summed E-state index contributed by atoms with van der Waals surface area (Å²) in [5.41, 5.74) is -0.180. The second-order valence-corrected chi connectivity index (χ2v) is 5.00. The molecule has 0 saturated carbocycles. The third kappa shape index (κ3) is 3.49. The standard InChI is InChI=1S/C12H24N2O/c1-4-5-6-10(2)14-11(15)12(3)7-8-13-9-12/h10,13H,4-9H2,1-3H3,(H,14,15). The largest absolute Gasteiger partial charge is 0.353 e. The Kier molecular flexibility index (Phi) is 4.58. The SMILES string of the molecule is CCCCC(C)NC(=O)C1(C)CCNC1. The fourth-order valence-corrected chi connectivity index (χ4v) is 1.99. The van der Waals surface area contributed by atoms with E-state index in [0.717, 1.165) is 25.9 Å². The Hall–Kier alpha value is -0.570. The summed E-state index contributed by atoms with van der Waals surface area (Å²) in [7, 11) is 0. The molecule has 2 atom stereocenters. The molecular weight excluding hydrogens is 188 g/mol. The highest BCUT2D eigenvalue weighted by Crippen LogP contribution is 2.24. The van der Waals surface area contributed by atoms with Crippen molar-refractivity contribution in [1.29, 1.82) is 0 Å². The molecule has 1 amide bonds. The van der Waals surface area contributed by atoms with Crippen LogP contribution in [0.3, 0.4) is 0 Å². The molecule has 1 rings (SSSR count). The van der Waals surface area contributed by atoms with Gasteiger partial charge < -0.3 is 10.6 Å². The molecule has 0 aliphatic carbocycles. The van der Waals surface area contributed by atoms with Gasteiger partial charge in [0.05, 0.1) is 5.41 Å². The number of rotatable bonds is 5. The Morgan fingerprint density at radius 1 is 1.60 bits per heavy atom. The predicted molar refractivity (Wildman–Crippen MR) is 62.7 cm³/mol. The smallest absolute Gasteiger partial charge is 0.227 e. The van der Waals surface area contributed by atoms with Crippen LogP contribution in [0.4, 0.5) is 0 Å². The van der Waals surface area contributed by atoms with Crippen molar-refractivity contribution in [1.82, 2.24) is 10.6 Å². The van der Waals surface area contributed by atoms with Crippen LogP contribution in [0, 0.1) is 5.41 Å². The molecular formula is C12H24N2O. The molecule has 1 fully saturated rings. The molecule has 3 nitrogen and oxygen atoms in total. The zero-order chi connectivity index (χ0) is 11.3. The third-order valence-corrected chi connectivity index (χ3v) is 3.29. The van der Waals surface area contributed by atoms with Crippen molar-refractivity contribution in [3.05, 3.63) is 0 Å². The van der Waals surface area contributed by atoms with Crippen LogP contribution in [-0.2, 0) is 4.79 Å². The second kappa shape index (κ2) is 5.50. The van der Waals surface area contributed by atoms with Crippen LogP contribution in [0.5, 0.6) is 0 Å². The van der Waals surface area contributed by atoms with Crippen LogP contribution in [0.2, 0.25) is 0 Å². The average molecular weight is 212 g/mol. The molecule has 1 saturated heterocycles. The van der Waals surface area contributed by atoms with Gasteiger partial charge in [0.1, 0.15) is 0 Å². The minimum atomic E-state index is -0.180. The van der Waals surface area contributed by atoms with Gasteiger partial charge in [0.15, 0.2) is 0 Å². The Morgan fingerprint density at radius 2 is 2.33 bits per heavy atom. The molecule has 0 radical (unpaired) electrons. The summed E-state index contributed by atoms with van der Waals surface area (Å²) in [6, 6.07) is 0.315. The van der Waals surface area contributed by atoms with E-state index in [9.17, 15) is 4.79 Å². The summed E-state index contributed by atoms with van der Waals surface area (Å²) in [6.07, 6.45) is 4.43. The summed E-state index contributed by atoms with van der Waals surface area (Å²) in [5, 5.41) is 6.37. The molecule has 0 aromatic carbocycles. The second-order valence-electron chi connectivity index (χ2n) is 5.00. The van der Waals surface area contributed by atoms with Crippen LogP contribution < -0.4 is 10.6 Å². The van der Waals surface area contributed by atoms with Crippen molar-refractivity contribution in [2.75, 3.05) is 13.1 Å². The van der Waals surface area contributed by atoms with Gasteiger partial charge in [0, 0.05) is 12.6 Å². The third-order valence-electron chi connectivity index (χ3n) is 3.29. The van der Waals surface area contributed by atoms with Gasteiger partial charge in [-0.25, -0.2) is 0 Å². The summed E-state index contributed by atoms with van der Waals surface area (Å²) in [4.78, 5) is 12.0. The highest BCUT2D eigenvalue weighted by atomic mass is 16.2. The lowest BCUT2D eigenvalue weighted by Gasteiger charge is -2.24. The molecule has 1 heterocycles. The van der Waals surface area contributed by atoms with E-state index in [-0.39, 0.29) is 11.3 Å². The van der Waals surface area contributed by atoms with E-state index in [1.54, 1.807) is 0 Å². The van der Waals surface area contributed by atoms with Gasteiger partial charge in [-0.05, 0) is 33.2 Å². The maximum absolute atomic E-state index is 12.0. The molecule has 1 aliphatic rings. The van der Waals surface area contributed by atoms with Gasteiger partial charge in [-0.1, -0.05) is 19.8 Å². The lowest BCUT2D eigenvalue weighted by Crippen LogP contribution is -2.44. The van der Waals surface area contributed by atoms with Gasteiger partial charge in [0.2, 0.25) is 5.91 Å². The zero-order valence-corrected chi connectivity index (χ0v) is 10.2. The maximum Gasteiger partial charge on any atom is 0.227 e. The van der Waals surface area contributed by atoms with Gasteiger partial charge in [-0.2, -0.15) is 0 Å². The van der Waals surface area contributed by atoms with Gasteiger partial charge >= 0.3 is 0 Å². The number of hydrogen-bond donors (Lipinski definition) is 2. The van der Waals surface area contributed by atoms with E-state index < -0.39 is 0 Å². The molecule has 15 heavy (non-hydrogen) atoms. The van der Waals surface area contributed by atoms with Crippen molar-refractivity contribution < 1.29 is 4.79 Å². The molecule has 3 heteroatoms. The Labute approximate surface area is 93.0 Å². The highest BCUT2D eigenvalue weighted by molar-refractivity contribution is 5.83. The average Bonchev–Trinajstić information content (AvgIpc) is 2.63. The normalized spacial score (nSPS) is 27.7. The number of unbranched alkanes of at least 4 members (excludes halogenated alkanes) is 1. The first-order valence-electron chi connectivity index (χ1n) is 6.10. The monoisotopic (exact) mass is 212 g/mol. The van der Waals surface area contributed by atoms with E-state index in [1.807, 2.05) is 0 Å². The number of carbonyl (C=O) groups is 1. The molecule has 88 valence electrons. The van der Waals surface area contributed by atoms with E-state index in [1.165, 1.54) is 12.8 Å². The first-order valence-corrected chi connectivity index (χ1v) is 6.10. The zero-order valence-electron chi connectivity index (χ0n) is 10.2. The minimum absolute atomic E-state index is 0.180. The van der Waals surface area contributed by atoms with Crippen molar-refractivity contribution in [3.8, 4) is 0 Å². The van der Waals surface area contributed by atoms with Crippen LogP contribution >= 0.6 is 0 Å². The first kappa shape index (κ1) is 12.5. The first-order chi connectivity index (χ1) is 7.08. The van der Waals surface area contributed by atoms with Crippen molar-refractivity contribution in [2.45, 2.75) is 52.5 Å². The fraction of sp³-hybridized carbons (Fsp3) is 0.917. The molecule has 0 aromatic heterocycles. The topological polar surface area (TPSA) is 41.1 Å². The molecule has 0 aromatic rings. The van der Waals surface area contributed by atoms with Crippen LogP contribution in [0.15, 0.2) is 0 Å². The lowest BCUT2D eigenvalue weighted by molar-refractivity contribution is -0.129. The molecule has 2 unspecified atom stereocenters. The maximum atomic E-state index is 12.0. The van der Waals surface area contributed by atoms with Crippen LogP contribution in [0.25, 0.3) is 0 Å². The van der Waals surface area contributed by atoms with Gasteiger partial charge in [-0.3, -0.25) is 4.79 Å². The quantitative estimate of drug-likeness (QED) is 0.728. The van der Waals surface area contributed by atoms with Gasteiger partial charge in [-0.15, -0.1) is 0 Å². The minimum Gasteiger partial charge on any atom is -0.353 e. The molecule has 1 aliphatic heterocycles. The summed E-state index contributed by atoms with van der Waals surface area (Å²) >= 11 is 0. The van der Waals surface area contributed by atoms with Crippen molar-refractivity contribution in [2.24, 2.45) is 5.41 Å². The fourth-order valence-electron chi connectivity index (χ4n) is 1.99. The molecule has 2 N–H and O–H groups in total. The predicted octanol–water partition coefficient (Wildman–Crippen LogP) is 1.68. The summed E-state index contributed by atoms with van der Waals surface area (Å²) in [5.74, 6) is 0.219. The van der Waals surface area contributed by atoms with Crippen LogP contribution in [0.1, 0.15) is 46.5 Å². The number of amides is 1. The number of hydrogen-bond acceptors (Lipinski definition) is 2. The van der Waals surface area contributed by atoms with Gasteiger partial charge in [0.25, 0.3) is 0 Å². The van der Waals surface area contributed by atoms with Crippen LogP contribution in [-0.4, -0.2) is 25.0 Å². The summed E-state index contributed by atoms with van der Waals surface area (Å²) < 4.78 is 0. The van der Waals surface area contributed by atoms with E-state index in [2.05, 4.69) is 31.4 Å². The van der Waals surface area contributed by atoms with Crippen molar-refractivity contribution >= 4 is 5.91 Å². The lowest BCUT2D eigenvalue weighted by atomic mass is 9.88. The number of nitrogens with one attached hydrogen (secondary N) is 2. The Balaban J connectivity index is 2.34. The highest BCUT2D eigenvalue weighted by Gasteiger charge is 2.36. The summed E-state index contributed by atoms with van der Waals surface area (Å²) in [6.45, 7) is 8.11. The molecule has 0 bridgehead atoms. The van der Waals surface area contributed by atoms with E-state index in [4.69, 9.17) is 0 Å². The van der Waals surface area contributed by atoms with E-state index in [0.29, 0.717) is 6.04 Å². The van der Waals surface area contributed by atoms with E-state index >= 15 is 0 Å². The Bertz CT molecular complexity index is 210. The van der Waals surface area contributed by atoms with Crippen molar-refractivity contribution in [3.63, 3.8) is 0 Å².